The molecule has 1 aliphatic heterocycles. The number of ether oxygens (including phenoxy) is 1. The van der Waals surface area contributed by atoms with Crippen molar-refractivity contribution in [2.45, 2.75) is 45.4 Å². The Morgan fingerprint density at radius 2 is 1.48 bits per heavy atom. The van der Waals surface area contributed by atoms with E-state index in [1.165, 1.54) is 11.1 Å². The van der Waals surface area contributed by atoms with Gasteiger partial charge in [0.15, 0.2) is 0 Å². The molecule has 2 aromatic rings. The normalized spacial score (nSPS) is 18.6. The van der Waals surface area contributed by atoms with E-state index in [9.17, 15) is 4.79 Å². The fraction of sp³-hybridized carbons (Fsp3) is 0.435. The molecular formula is C23H30N2O2. The average molecular weight is 367 g/mol. The molecule has 4 nitrogen and oxygen atoms in total. The third kappa shape index (κ3) is 4.89. The molecule has 1 fully saturated rings. The highest BCUT2D eigenvalue weighted by atomic mass is 16.6. The molecular weight excluding hydrogens is 336 g/mol. The quantitative estimate of drug-likeness (QED) is 0.788. The van der Waals surface area contributed by atoms with Crippen LogP contribution in [0.3, 0.4) is 0 Å². The van der Waals surface area contributed by atoms with E-state index >= 15 is 0 Å². The van der Waals surface area contributed by atoms with Crippen LogP contribution in [0.1, 0.15) is 44.9 Å². The summed E-state index contributed by atoms with van der Waals surface area (Å²) in [7, 11) is 0. The average Bonchev–Trinajstić information content (AvgIpc) is 2.62. The van der Waals surface area contributed by atoms with Crippen LogP contribution in [0.5, 0.6) is 0 Å². The molecule has 1 heterocycles. The summed E-state index contributed by atoms with van der Waals surface area (Å²) in [5.74, 6) is 0. The highest BCUT2D eigenvalue weighted by Gasteiger charge is 2.34. The zero-order valence-corrected chi connectivity index (χ0v) is 16.8. The second-order valence-electron chi connectivity index (χ2n) is 8.24. The molecule has 1 amide bonds. The molecule has 27 heavy (non-hydrogen) atoms. The minimum absolute atomic E-state index is 0.100. The first-order valence-corrected chi connectivity index (χ1v) is 9.69. The Labute approximate surface area is 162 Å². The van der Waals surface area contributed by atoms with E-state index in [1.54, 1.807) is 0 Å². The molecule has 0 saturated carbocycles. The van der Waals surface area contributed by atoms with E-state index in [4.69, 9.17) is 4.74 Å². The van der Waals surface area contributed by atoms with E-state index in [1.807, 2.05) is 25.7 Å². The van der Waals surface area contributed by atoms with Crippen LogP contribution in [0.15, 0.2) is 60.7 Å². The first-order valence-electron chi connectivity index (χ1n) is 9.69. The summed E-state index contributed by atoms with van der Waals surface area (Å²) in [5, 5.41) is 0. The monoisotopic (exact) mass is 366 g/mol. The molecule has 0 bridgehead atoms. The lowest BCUT2D eigenvalue weighted by Gasteiger charge is -2.43. The molecule has 144 valence electrons. The fourth-order valence-corrected chi connectivity index (χ4v) is 3.70. The molecule has 4 heteroatoms. The number of hydrogen-bond donors (Lipinski definition) is 0. The molecule has 1 unspecified atom stereocenters. The molecule has 0 aliphatic carbocycles. The van der Waals surface area contributed by atoms with Crippen molar-refractivity contribution < 1.29 is 9.53 Å². The van der Waals surface area contributed by atoms with Gasteiger partial charge >= 0.3 is 6.09 Å². The highest BCUT2D eigenvalue weighted by Crippen LogP contribution is 2.30. The minimum atomic E-state index is -0.468. The van der Waals surface area contributed by atoms with Crippen LogP contribution < -0.4 is 0 Å². The number of carbonyl (C=O) groups is 1. The van der Waals surface area contributed by atoms with Gasteiger partial charge in [-0.1, -0.05) is 60.7 Å². The summed E-state index contributed by atoms with van der Waals surface area (Å²) in [6, 6.07) is 21.5. The summed E-state index contributed by atoms with van der Waals surface area (Å²) in [6.45, 7) is 10.1. The van der Waals surface area contributed by atoms with Gasteiger partial charge in [0.05, 0.1) is 6.04 Å². The number of nitrogens with zero attached hydrogens (tertiary/aromatic N) is 2. The number of rotatable bonds is 3. The summed E-state index contributed by atoms with van der Waals surface area (Å²) in [6.07, 6.45) is -0.217. The van der Waals surface area contributed by atoms with E-state index in [0.29, 0.717) is 6.54 Å². The predicted molar refractivity (Wildman–Crippen MR) is 109 cm³/mol. The standard InChI is InChI=1S/C23H30N2O2/c1-18-17-24(15-16-25(18)22(26)27-23(2,3)4)21(19-11-7-5-8-12-19)20-13-9-6-10-14-20/h5-14,18,21H,15-17H2,1-4H3. The predicted octanol–water partition coefficient (Wildman–Crippen LogP) is 4.72. The lowest BCUT2D eigenvalue weighted by Crippen LogP contribution is -2.55. The van der Waals surface area contributed by atoms with Crippen molar-refractivity contribution in [3.8, 4) is 0 Å². The van der Waals surface area contributed by atoms with Crippen molar-refractivity contribution in [3.05, 3.63) is 71.8 Å². The molecule has 1 atom stereocenters. The minimum Gasteiger partial charge on any atom is -0.444 e. The molecule has 0 radical (unpaired) electrons. The molecule has 1 aliphatic rings. The summed E-state index contributed by atoms with van der Waals surface area (Å²) in [4.78, 5) is 16.9. The summed E-state index contributed by atoms with van der Waals surface area (Å²) in [5.41, 5.74) is 2.09. The van der Waals surface area contributed by atoms with Crippen molar-refractivity contribution >= 4 is 6.09 Å². The van der Waals surface area contributed by atoms with Gasteiger partial charge < -0.3 is 9.64 Å². The van der Waals surface area contributed by atoms with E-state index < -0.39 is 5.60 Å². The SMILES string of the molecule is CC1CN(C(c2ccccc2)c2ccccc2)CCN1C(=O)OC(C)(C)C. The Balaban J connectivity index is 1.79. The van der Waals surface area contributed by atoms with Crippen molar-refractivity contribution in [3.63, 3.8) is 0 Å². The van der Waals surface area contributed by atoms with Crippen molar-refractivity contribution in [1.82, 2.24) is 9.80 Å². The van der Waals surface area contributed by atoms with Gasteiger partial charge in [-0.25, -0.2) is 4.79 Å². The lowest BCUT2D eigenvalue weighted by atomic mass is 9.95. The van der Waals surface area contributed by atoms with Gasteiger partial charge in [-0.05, 0) is 38.8 Å². The van der Waals surface area contributed by atoms with Gasteiger partial charge in [-0.2, -0.15) is 0 Å². The molecule has 0 N–H and O–H groups in total. The van der Waals surface area contributed by atoms with Crippen LogP contribution in [0.2, 0.25) is 0 Å². The smallest absolute Gasteiger partial charge is 0.410 e. The van der Waals surface area contributed by atoms with Crippen LogP contribution in [0.25, 0.3) is 0 Å². The van der Waals surface area contributed by atoms with Crippen molar-refractivity contribution in [2.24, 2.45) is 0 Å². The van der Waals surface area contributed by atoms with Crippen LogP contribution >= 0.6 is 0 Å². The topological polar surface area (TPSA) is 32.8 Å². The van der Waals surface area contributed by atoms with Gasteiger partial charge in [0.1, 0.15) is 5.60 Å². The summed E-state index contributed by atoms with van der Waals surface area (Å²) < 4.78 is 5.58. The molecule has 3 rings (SSSR count). The first kappa shape index (κ1) is 19.4. The van der Waals surface area contributed by atoms with Gasteiger partial charge in [0.2, 0.25) is 0 Å². The van der Waals surface area contributed by atoms with Gasteiger partial charge in [-0.3, -0.25) is 4.90 Å². The number of benzene rings is 2. The Morgan fingerprint density at radius 3 is 1.93 bits per heavy atom. The van der Waals surface area contributed by atoms with Gasteiger partial charge in [0.25, 0.3) is 0 Å². The molecule has 0 spiro atoms. The molecule has 1 saturated heterocycles. The van der Waals surface area contributed by atoms with Crippen LogP contribution in [-0.2, 0) is 4.74 Å². The number of hydrogen-bond acceptors (Lipinski definition) is 3. The van der Waals surface area contributed by atoms with E-state index in [-0.39, 0.29) is 18.2 Å². The second-order valence-corrected chi connectivity index (χ2v) is 8.24. The van der Waals surface area contributed by atoms with E-state index in [0.717, 1.165) is 13.1 Å². The van der Waals surface area contributed by atoms with Crippen LogP contribution in [0, 0.1) is 0 Å². The summed E-state index contributed by atoms with van der Waals surface area (Å²) >= 11 is 0. The lowest BCUT2D eigenvalue weighted by molar-refractivity contribution is -0.00222. The maximum absolute atomic E-state index is 12.5. The number of amides is 1. The largest absolute Gasteiger partial charge is 0.444 e. The highest BCUT2D eigenvalue weighted by molar-refractivity contribution is 5.68. The van der Waals surface area contributed by atoms with Gasteiger partial charge in [0, 0.05) is 25.7 Å². The Bertz CT molecular complexity index is 700. The molecule has 0 aromatic heterocycles. The van der Waals surface area contributed by atoms with Gasteiger partial charge in [-0.15, -0.1) is 0 Å². The third-order valence-corrected chi connectivity index (χ3v) is 4.88. The van der Waals surface area contributed by atoms with Crippen LogP contribution in [-0.4, -0.2) is 47.2 Å². The Hall–Kier alpha value is -2.33. The van der Waals surface area contributed by atoms with Crippen molar-refractivity contribution in [2.75, 3.05) is 19.6 Å². The van der Waals surface area contributed by atoms with E-state index in [2.05, 4.69) is 72.5 Å². The van der Waals surface area contributed by atoms with Crippen LogP contribution in [0.4, 0.5) is 4.79 Å². The molecule has 2 aromatic carbocycles. The number of piperazine rings is 1. The number of carbonyl (C=O) groups excluding carboxylic acids is 1. The third-order valence-electron chi connectivity index (χ3n) is 4.88. The van der Waals surface area contributed by atoms with Crippen molar-refractivity contribution in [1.29, 1.82) is 0 Å². The maximum Gasteiger partial charge on any atom is 0.410 e. The Kier molecular flexibility index (Phi) is 5.85. The second kappa shape index (κ2) is 8.13. The first-order chi connectivity index (χ1) is 12.8. The zero-order valence-electron chi connectivity index (χ0n) is 16.8. The Morgan fingerprint density at radius 1 is 0.963 bits per heavy atom. The maximum atomic E-state index is 12.5. The fourth-order valence-electron chi connectivity index (χ4n) is 3.70. The zero-order chi connectivity index (χ0) is 19.4.